The number of carbonyl (C=O) groups is 1. The van der Waals surface area contributed by atoms with Gasteiger partial charge in [0.2, 0.25) is 5.91 Å². The maximum Gasteiger partial charge on any atom is 0.232 e. The van der Waals surface area contributed by atoms with Gasteiger partial charge in [-0.05, 0) is 59.2 Å². The van der Waals surface area contributed by atoms with Crippen LogP contribution >= 0.6 is 11.6 Å². The monoisotopic (exact) mass is 423 g/mol. The topological polar surface area (TPSA) is 48.0 Å². The van der Waals surface area contributed by atoms with Crippen LogP contribution in [0.1, 0.15) is 22.7 Å². The normalized spacial score (nSPS) is 15.5. The molecule has 6 heteroatoms. The first-order valence-corrected chi connectivity index (χ1v) is 9.90. The van der Waals surface area contributed by atoms with Crippen LogP contribution in [0.15, 0.2) is 60.7 Å². The molecule has 1 aliphatic rings. The highest BCUT2D eigenvalue weighted by atomic mass is 35.5. The summed E-state index contributed by atoms with van der Waals surface area (Å²) in [5.74, 6) is 1.96. The zero-order chi connectivity index (χ0) is 21.3. The lowest BCUT2D eigenvalue weighted by molar-refractivity contribution is -0.118. The van der Waals surface area contributed by atoms with Crippen LogP contribution in [0, 0.1) is 0 Å². The molecule has 5 nitrogen and oxygen atoms in total. The molecule has 154 valence electrons. The van der Waals surface area contributed by atoms with E-state index in [9.17, 15) is 4.79 Å². The Morgan fingerprint density at radius 1 is 0.900 bits per heavy atom. The highest BCUT2D eigenvalue weighted by Crippen LogP contribution is 2.43. The van der Waals surface area contributed by atoms with E-state index >= 15 is 0 Å². The number of rotatable bonds is 5. The predicted molar refractivity (Wildman–Crippen MR) is 117 cm³/mol. The molecule has 0 fully saturated rings. The number of amides is 1. The van der Waals surface area contributed by atoms with Crippen molar-refractivity contribution in [1.29, 1.82) is 0 Å². The minimum absolute atomic E-state index is 0.0159. The molecule has 1 amide bonds. The minimum Gasteiger partial charge on any atom is -0.497 e. The largest absolute Gasteiger partial charge is 0.497 e. The predicted octanol–water partition coefficient (Wildman–Crippen LogP) is 5.04. The van der Waals surface area contributed by atoms with Crippen LogP contribution in [0.4, 0.5) is 5.69 Å². The minimum atomic E-state index is -0.342. The molecule has 4 rings (SSSR count). The second kappa shape index (κ2) is 8.28. The van der Waals surface area contributed by atoms with E-state index in [1.165, 1.54) is 0 Å². The van der Waals surface area contributed by atoms with Crippen molar-refractivity contribution in [2.75, 3.05) is 26.2 Å². The number of fused-ring (bicyclic) bond motifs is 1. The Morgan fingerprint density at radius 3 is 2.23 bits per heavy atom. The number of anilines is 1. The number of methoxy groups -OCH3 is 3. The number of carbonyl (C=O) groups excluding carboxylic acids is 1. The molecule has 0 unspecified atom stereocenters. The van der Waals surface area contributed by atoms with Gasteiger partial charge in [-0.1, -0.05) is 29.8 Å². The highest BCUT2D eigenvalue weighted by molar-refractivity contribution is 6.31. The molecule has 0 saturated heterocycles. The summed E-state index contributed by atoms with van der Waals surface area (Å²) in [6, 6.07) is 18.6. The van der Waals surface area contributed by atoms with Gasteiger partial charge < -0.3 is 19.1 Å². The molecule has 0 bridgehead atoms. The molecule has 1 atom stereocenters. The molecule has 0 N–H and O–H groups in total. The Hall–Kier alpha value is -3.18. The summed E-state index contributed by atoms with van der Waals surface area (Å²) < 4.78 is 16.3. The summed E-state index contributed by atoms with van der Waals surface area (Å²) >= 11 is 6.24. The Labute approximate surface area is 180 Å². The van der Waals surface area contributed by atoms with Gasteiger partial charge in [-0.15, -0.1) is 0 Å². The number of benzene rings is 3. The number of halogens is 1. The van der Waals surface area contributed by atoms with Crippen LogP contribution in [0.25, 0.3) is 0 Å². The van der Waals surface area contributed by atoms with Gasteiger partial charge >= 0.3 is 0 Å². The molecule has 1 heterocycles. The number of nitrogens with zero attached hydrogens (tertiary/aromatic N) is 1. The zero-order valence-electron chi connectivity index (χ0n) is 17.0. The van der Waals surface area contributed by atoms with Gasteiger partial charge in [0.25, 0.3) is 0 Å². The molecule has 0 saturated carbocycles. The Bertz CT molecular complexity index is 1080. The first kappa shape index (κ1) is 20.1. The standard InChI is InChI=1S/C24H22ClNO4/c1-28-19-9-7-15(8-10-19)24-20-14-22(30-3)21(29-2)11-16(20)12-23(27)26(24)18-6-4-5-17(25)13-18/h4-11,13-14,24H,12H2,1-3H3/t24-/m1/s1. The molecule has 0 aromatic heterocycles. The van der Waals surface area contributed by atoms with Gasteiger partial charge in [0, 0.05) is 10.7 Å². The summed E-state index contributed by atoms with van der Waals surface area (Å²) in [4.78, 5) is 15.1. The van der Waals surface area contributed by atoms with E-state index in [-0.39, 0.29) is 18.4 Å². The second-order valence-electron chi connectivity index (χ2n) is 7.00. The Balaban J connectivity index is 1.93. The van der Waals surface area contributed by atoms with Gasteiger partial charge in [0.05, 0.1) is 33.8 Å². The van der Waals surface area contributed by atoms with Crippen LogP contribution in [0.5, 0.6) is 17.2 Å². The van der Waals surface area contributed by atoms with Gasteiger partial charge in [-0.25, -0.2) is 0 Å². The first-order chi connectivity index (χ1) is 14.5. The van der Waals surface area contributed by atoms with E-state index in [1.54, 1.807) is 32.3 Å². The average Bonchev–Trinajstić information content (AvgIpc) is 2.77. The Morgan fingerprint density at radius 2 is 1.60 bits per heavy atom. The van der Waals surface area contributed by atoms with Crippen molar-refractivity contribution in [1.82, 2.24) is 0 Å². The first-order valence-electron chi connectivity index (χ1n) is 9.52. The molecule has 1 aliphatic heterocycles. The van der Waals surface area contributed by atoms with Crippen LogP contribution < -0.4 is 19.1 Å². The maximum absolute atomic E-state index is 13.3. The summed E-state index contributed by atoms with van der Waals surface area (Å²) in [6.07, 6.45) is 0.259. The van der Waals surface area contributed by atoms with Crippen molar-refractivity contribution >= 4 is 23.2 Å². The molecule has 0 aliphatic carbocycles. The highest BCUT2D eigenvalue weighted by Gasteiger charge is 2.36. The average molecular weight is 424 g/mol. The van der Waals surface area contributed by atoms with E-state index in [0.717, 1.165) is 28.1 Å². The van der Waals surface area contributed by atoms with E-state index in [2.05, 4.69) is 0 Å². The molecule has 0 spiro atoms. The van der Waals surface area contributed by atoms with E-state index in [1.807, 2.05) is 54.6 Å². The smallest absolute Gasteiger partial charge is 0.232 e. The third-order valence-corrected chi connectivity index (χ3v) is 5.56. The molecular formula is C24H22ClNO4. The van der Waals surface area contributed by atoms with Crippen molar-refractivity contribution in [3.05, 3.63) is 82.4 Å². The fraction of sp³-hybridized carbons (Fsp3) is 0.208. The van der Waals surface area contributed by atoms with E-state index in [0.29, 0.717) is 16.5 Å². The molecule has 3 aromatic carbocycles. The lowest BCUT2D eigenvalue weighted by Crippen LogP contribution is -2.41. The molecule has 0 radical (unpaired) electrons. The fourth-order valence-corrected chi connectivity index (χ4v) is 4.09. The quantitative estimate of drug-likeness (QED) is 0.576. The third kappa shape index (κ3) is 3.57. The molecule has 3 aromatic rings. The van der Waals surface area contributed by atoms with Gasteiger partial charge in [-0.2, -0.15) is 0 Å². The SMILES string of the molecule is COc1ccc([C@@H]2c3cc(OC)c(OC)cc3CC(=O)N2c2cccc(Cl)c2)cc1. The van der Waals surface area contributed by atoms with E-state index in [4.69, 9.17) is 25.8 Å². The summed E-state index contributed by atoms with van der Waals surface area (Å²) in [7, 11) is 4.83. The lowest BCUT2D eigenvalue weighted by Gasteiger charge is -2.38. The Kier molecular flexibility index (Phi) is 5.55. The van der Waals surface area contributed by atoms with Crippen LogP contribution in [0.2, 0.25) is 5.02 Å². The van der Waals surface area contributed by atoms with Crippen LogP contribution in [-0.4, -0.2) is 27.2 Å². The third-order valence-electron chi connectivity index (χ3n) is 5.33. The van der Waals surface area contributed by atoms with Gasteiger partial charge in [0.15, 0.2) is 11.5 Å². The maximum atomic E-state index is 13.3. The fourth-order valence-electron chi connectivity index (χ4n) is 3.91. The van der Waals surface area contributed by atoms with Gasteiger partial charge in [-0.3, -0.25) is 4.79 Å². The van der Waals surface area contributed by atoms with Gasteiger partial charge in [0.1, 0.15) is 5.75 Å². The van der Waals surface area contributed by atoms with Crippen molar-refractivity contribution in [3.63, 3.8) is 0 Å². The molecule has 30 heavy (non-hydrogen) atoms. The summed E-state index contributed by atoms with van der Waals surface area (Å²) in [5, 5.41) is 0.576. The summed E-state index contributed by atoms with van der Waals surface area (Å²) in [6.45, 7) is 0. The molecular weight excluding hydrogens is 402 g/mol. The number of hydrogen-bond donors (Lipinski definition) is 0. The van der Waals surface area contributed by atoms with Crippen molar-refractivity contribution < 1.29 is 19.0 Å². The second-order valence-corrected chi connectivity index (χ2v) is 7.44. The lowest BCUT2D eigenvalue weighted by atomic mass is 9.86. The van der Waals surface area contributed by atoms with Crippen molar-refractivity contribution in [2.24, 2.45) is 0 Å². The van der Waals surface area contributed by atoms with E-state index < -0.39 is 0 Å². The summed E-state index contributed by atoms with van der Waals surface area (Å²) in [5.41, 5.74) is 3.60. The van der Waals surface area contributed by atoms with Crippen LogP contribution in [-0.2, 0) is 11.2 Å². The van der Waals surface area contributed by atoms with Crippen molar-refractivity contribution in [3.8, 4) is 17.2 Å². The zero-order valence-corrected chi connectivity index (χ0v) is 17.8. The van der Waals surface area contributed by atoms with Crippen molar-refractivity contribution in [2.45, 2.75) is 12.5 Å². The number of ether oxygens (including phenoxy) is 3. The van der Waals surface area contributed by atoms with Crippen LogP contribution in [0.3, 0.4) is 0 Å². The number of hydrogen-bond acceptors (Lipinski definition) is 4.